The Labute approximate surface area is 119 Å². The molecule has 0 spiro atoms. The van der Waals surface area contributed by atoms with Crippen molar-refractivity contribution in [1.29, 1.82) is 0 Å². The lowest BCUT2D eigenvalue weighted by atomic mass is 9.92. The maximum atomic E-state index is 12.0. The van der Waals surface area contributed by atoms with Crippen LogP contribution < -0.4 is 11.1 Å². The number of hydrogen-bond acceptors (Lipinski definition) is 3. The predicted octanol–water partition coefficient (Wildman–Crippen LogP) is 1.96. The minimum atomic E-state index is -1.17. The van der Waals surface area contributed by atoms with Gasteiger partial charge in [0.15, 0.2) is 0 Å². The molecule has 1 amide bonds. The van der Waals surface area contributed by atoms with Crippen molar-refractivity contribution in [2.24, 2.45) is 0 Å². The number of nitrogens with two attached hydrogens (primary N) is 1. The Morgan fingerprint density at radius 2 is 1.85 bits per heavy atom. The summed E-state index contributed by atoms with van der Waals surface area (Å²) in [6.07, 6.45) is 1.45. The van der Waals surface area contributed by atoms with Gasteiger partial charge in [0.2, 0.25) is 5.91 Å². The lowest BCUT2D eigenvalue weighted by Gasteiger charge is -2.28. The highest BCUT2D eigenvalue weighted by molar-refractivity contribution is 5.87. The van der Waals surface area contributed by atoms with Crippen LogP contribution in [0.1, 0.15) is 38.7 Å². The zero-order valence-electron chi connectivity index (χ0n) is 12.0. The minimum Gasteiger partial charge on any atom is -0.480 e. The molecule has 1 rings (SSSR count). The first kappa shape index (κ1) is 16.0. The standard InChI is InChI=1S/C15H22N2O3/c1-3-15(4-2,14(19)20)17-13(18)10-9-11-7-5-6-8-12(11)16/h5-8H,3-4,9-10,16H2,1-2H3,(H,17,18)(H,19,20). The fourth-order valence-corrected chi connectivity index (χ4v) is 2.12. The van der Waals surface area contributed by atoms with Crippen molar-refractivity contribution < 1.29 is 14.7 Å². The maximum absolute atomic E-state index is 12.0. The molecule has 5 heteroatoms. The number of nitrogen functional groups attached to an aromatic ring is 1. The molecule has 0 aliphatic heterocycles. The summed E-state index contributed by atoms with van der Waals surface area (Å²) < 4.78 is 0. The molecule has 0 unspecified atom stereocenters. The van der Waals surface area contributed by atoms with Crippen LogP contribution in [0.4, 0.5) is 5.69 Å². The molecule has 0 aliphatic rings. The first-order chi connectivity index (χ1) is 9.45. The van der Waals surface area contributed by atoms with E-state index in [4.69, 9.17) is 5.73 Å². The van der Waals surface area contributed by atoms with Gasteiger partial charge < -0.3 is 16.2 Å². The highest BCUT2D eigenvalue weighted by Crippen LogP contribution is 2.17. The van der Waals surface area contributed by atoms with Crippen LogP contribution in [0, 0.1) is 0 Å². The Balaban J connectivity index is 2.64. The molecule has 110 valence electrons. The summed E-state index contributed by atoms with van der Waals surface area (Å²) in [5.74, 6) is -1.26. The van der Waals surface area contributed by atoms with Gasteiger partial charge in [0.25, 0.3) is 0 Å². The lowest BCUT2D eigenvalue weighted by molar-refractivity contribution is -0.148. The molecule has 1 aromatic carbocycles. The molecular formula is C15H22N2O3. The molecule has 0 saturated heterocycles. The molecule has 0 saturated carbocycles. The monoisotopic (exact) mass is 278 g/mol. The second kappa shape index (κ2) is 6.93. The van der Waals surface area contributed by atoms with Crippen LogP contribution in [0.15, 0.2) is 24.3 Å². The summed E-state index contributed by atoms with van der Waals surface area (Å²) in [5.41, 5.74) is 6.19. The number of aryl methyl sites for hydroxylation is 1. The van der Waals surface area contributed by atoms with Crippen LogP contribution in [0.3, 0.4) is 0 Å². The molecule has 0 bridgehead atoms. The molecule has 0 aliphatic carbocycles. The molecule has 0 atom stereocenters. The van der Waals surface area contributed by atoms with Crippen molar-refractivity contribution in [3.8, 4) is 0 Å². The van der Waals surface area contributed by atoms with Crippen LogP contribution in [-0.4, -0.2) is 22.5 Å². The van der Waals surface area contributed by atoms with Crippen LogP contribution in [0.25, 0.3) is 0 Å². The zero-order chi connectivity index (χ0) is 15.2. The molecule has 5 nitrogen and oxygen atoms in total. The van der Waals surface area contributed by atoms with Crippen LogP contribution in [-0.2, 0) is 16.0 Å². The van der Waals surface area contributed by atoms with Gasteiger partial charge in [-0.05, 0) is 30.9 Å². The van der Waals surface area contributed by atoms with Crippen molar-refractivity contribution in [1.82, 2.24) is 5.32 Å². The van der Waals surface area contributed by atoms with Gasteiger partial charge in [-0.15, -0.1) is 0 Å². The summed E-state index contributed by atoms with van der Waals surface area (Å²) in [6.45, 7) is 3.51. The van der Waals surface area contributed by atoms with E-state index in [-0.39, 0.29) is 12.3 Å². The van der Waals surface area contributed by atoms with E-state index in [1.807, 2.05) is 18.2 Å². The lowest BCUT2D eigenvalue weighted by Crippen LogP contribution is -2.53. The van der Waals surface area contributed by atoms with Gasteiger partial charge in [0, 0.05) is 12.1 Å². The van der Waals surface area contributed by atoms with Crippen molar-refractivity contribution in [2.45, 2.75) is 45.1 Å². The highest BCUT2D eigenvalue weighted by Gasteiger charge is 2.36. The van der Waals surface area contributed by atoms with Gasteiger partial charge in [-0.3, -0.25) is 4.79 Å². The normalized spacial score (nSPS) is 11.1. The average molecular weight is 278 g/mol. The first-order valence-electron chi connectivity index (χ1n) is 6.83. The smallest absolute Gasteiger partial charge is 0.329 e. The Morgan fingerprint density at radius 3 is 2.35 bits per heavy atom. The van der Waals surface area contributed by atoms with E-state index in [1.165, 1.54) is 0 Å². The Hall–Kier alpha value is -2.04. The number of carboxylic acid groups (broad SMARTS) is 1. The third-order valence-corrected chi connectivity index (χ3v) is 3.67. The number of anilines is 1. The number of para-hydroxylation sites is 1. The minimum absolute atomic E-state index is 0.225. The van der Waals surface area contributed by atoms with Gasteiger partial charge >= 0.3 is 5.97 Å². The number of rotatable bonds is 7. The van der Waals surface area contributed by atoms with Gasteiger partial charge in [0.1, 0.15) is 5.54 Å². The van der Waals surface area contributed by atoms with Gasteiger partial charge in [0.05, 0.1) is 0 Å². The number of nitrogens with one attached hydrogen (secondary N) is 1. The molecule has 0 aromatic heterocycles. The first-order valence-corrected chi connectivity index (χ1v) is 6.83. The summed E-state index contributed by atoms with van der Waals surface area (Å²) in [6, 6.07) is 7.35. The summed E-state index contributed by atoms with van der Waals surface area (Å²) in [4.78, 5) is 23.3. The quantitative estimate of drug-likeness (QED) is 0.665. The van der Waals surface area contributed by atoms with Gasteiger partial charge in [-0.25, -0.2) is 4.79 Å². The van der Waals surface area contributed by atoms with Crippen molar-refractivity contribution in [3.05, 3.63) is 29.8 Å². The van der Waals surface area contributed by atoms with E-state index < -0.39 is 11.5 Å². The summed E-state index contributed by atoms with van der Waals surface area (Å²) in [5, 5.41) is 11.9. The van der Waals surface area contributed by atoms with Gasteiger partial charge in [-0.2, -0.15) is 0 Å². The molecule has 4 N–H and O–H groups in total. The van der Waals surface area contributed by atoms with Crippen LogP contribution in [0.5, 0.6) is 0 Å². The molecule has 20 heavy (non-hydrogen) atoms. The van der Waals surface area contributed by atoms with Crippen molar-refractivity contribution in [3.63, 3.8) is 0 Å². The Bertz CT molecular complexity index is 482. The van der Waals surface area contributed by atoms with Crippen LogP contribution in [0.2, 0.25) is 0 Å². The van der Waals surface area contributed by atoms with Crippen molar-refractivity contribution >= 4 is 17.6 Å². The molecule has 1 aromatic rings. The Morgan fingerprint density at radius 1 is 1.25 bits per heavy atom. The summed E-state index contributed by atoms with van der Waals surface area (Å²) >= 11 is 0. The van der Waals surface area contributed by atoms with Crippen LogP contribution >= 0.6 is 0 Å². The third-order valence-electron chi connectivity index (χ3n) is 3.67. The van der Waals surface area contributed by atoms with E-state index >= 15 is 0 Å². The predicted molar refractivity (Wildman–Crippen MR) is 78.3 cm³/mol. The number of aliphatic carboxylic acids is 1. The highest BCUT2D eigenvalue weighted by atomic mass is 16.4. The average Bonchev–Trinajstić information content (AvgIpc) is 2.43. The number of benzene rings is 1. The number of carbonyl (C=O) groups excluding carboxylic acids is 1. The summed E-state index contributed by atoms with van der Waals surface area (Å²) in [7, 11) is 0. The number of amides is 1. The fourth-order valence-electron chi connectivity index (χ4n) is 2.12. The molecular weight excluding hydrogens is 256 g/mol. The van der Waals surface area contributed by atoms with E-state index in [1.54, 1.807) is 19.9 Å². The fraction of sp³-hybridized carbons (Fsp3) is 0.467. The second-order valence-electron chi connectivity index (χ2n) is 4.84. The van der Waals surface area contributed by atoms with E-state index in [0.717, 1.165) is 5.56 Å². The topological polar surface area (TPSA) is 92.4 Å². The largest absolute Gasteiger partial charge is 0.480 e. The van der Waals surface area contributed by atoms with Crippen molar-refractivity contribution in [2.75, 3.05) is 5.73 Å². The molecule has 0 radical (unpaired) electrons. The van der Waals surface area contributed by atoms with Gasteiger partial charge in [-0.1, -0.05) is 32.0 Å². The maximum Gasteiger partial charge on any atom is 0.329 e. The molecule has 0 heterocycles. The number of carbonyl (C=O) groups is 2. The molecule has 0 fully saturated rings. The SMILES string of the molecule is CCC(CC)(NC(=O)CCc1ccccc1N)C(=O)O. The zero-order valence-corrected chi connectivity index (χ0v) is 12.0. The van der Waals surface area contributed by atoms with E-state index in [9.17, 15) is 14.7 Å². The number of carboxylic acids is 1. The second-order valence-corrected chi connectivity index (χ2v) is 4.84. The van der Waals surface area contributed by atoms with E-state index in [0.29, 0.717) is 24.9 Å². The Kier molecular flexibility index (Phi) is 5.55. The number of hydrogen-bond donors (Lipinski definition) is 3. The third kappa shape index (κ3) is 3.73. The van der Waals surface area contributed by atoms with E-state index in [2.05, 4.69) is 5.32 Å².